The molecule has 0 atom stereocenters. The molecule has 0 bridgehead atoms. The van der Waals surface area contributed by atoms with E-state index in [1.807, 2.05) is 24.3 Å². The molecule has 0 aliphatic heterocycles. The molecule has 0 unspecified atom stereocenters. The molecule has 1 amide bonds. The van der Waals surface area contributed by atoms with Gasteiger partial charge in [-0.15, -0.1) is 0 Å². The first-order valence-corrected chi connectivity index (χ1v) is 6.29. The van der Waals surface area contributed by atoms with Crippen LogP contribution in [0.15, 0.2) is 36.7 Å². The molecule has 0 radical (unpaired) electrons. The normalized spacial score (nSPS) is 10.4. The summed E-state index contributed by atoms with van der Waals surface area (Å²) < 4.78 is 1.70. The Hall–Kier alpha value is -2.14. The molecule has 1 aromatic heterocycles. The number of para-hydroxylation sites is 1. The SMILES string of the molecule is CCNCc1ccccc1NC(=O)c1nccn1C. The van der Waals surface area contributed by atoms with E-state index < -0.39 is 0 Å². The van der Waals surface area contributed by atoms with Crippen molar-refractivity contribution in [1.29, 1.82) is 0 Å². The van der Waals surface area contributed by atoms with E-state index in [2.05, 4.69) is 22.5 Å². The van der Waals surface area contributed by atoms with Crippen molar-refractivity contribution in [2.45, 2.75) is 13.5 Å². The van der Waals surface area contributed by atoms with Gasteiger partial charge in [0.2, 0.25) is 0 Å². The summed E-state index contributed by atoms with van der Waals surface area (Å²) >= 11 is 0. The number of imidazole rings is 1. The van der Waals surface area contributed by atoms with E-state index in [9.17, 15) is 4.79 Å². The third-order valence-corrected chi connectivity index (χ3v) is 2.86. The average molecular weight is 258 g/mol. The zero-order valence-corrected chi connectivity index (χ0v) is 11.2. The molecule has 100 valence electrons. The quantitative estimate of drug-likeness (QED) is 0.859. The summed E-state index contributed by atoms with van der Waals surface area (Å²) in [5.74, 6) is 0.203. The molecule has 0 aliphatic carbocycles. The van der Waals surface area contributed by atoms with Crippen LogP contribution >= 0.6 is 0 Å². The molecule has 0 fully saturated rings. The van der Waals surface area contributed by atoms with Crippen molar-refractivity contribution >= 4 is 11.6 Å². The van der Waals surface area contributed by atoms with Crippen LogP contribution in [0.5, 0.6) is 0 Å². The van der Waals surface area contributed by atoms with Gasteiger partial charge in [0.05, 0.1) is 0 Å². The second-order valence-corrected chi connectivity index (χ2v) is 4.25. The summed E-state index contributed by atoms with van der Waals surface area (Å²) in [6.45, 7) is 3.67. The summed E-state index contributed by atoms with van der Waals surface area (Å²) in [6.07, 6.45) is 3.36. The Morgan fingerprint density at radius 3 is 2.84 bits per heavy atom. The van der Waals surface area contributed by atoms with Crippen LogP contribution in [-0.4, -0.2) is 22.0 Å². The average Bonchev–Trinajstić information content (AvgIpc) is 2.84. The van der Waals surface area contributed by atoms with Gasteiger partial charge in [-0.1, -0.05) is 25.1 Å². The van der Waals surface area contributed by atoms with Gasteiger partial charge in [-0.2, -0.15) is 0 Å². The summed E-state index contributed by atoms with van der Waals surface area (Å²) in [7, 11) is 1.80. The number of aromatic nitrogens is 2. The van der Waals surface area contributed by atoms with E-state index in [1.54, 1.807) is 24.0 Å². The monoisotopic (exact) mass is 258 g/mol. The number of hydrogen-bond acceptors (Lipinski definition) is 3. The van der Waals surface area contributed by atoms with Crippen molar-refractivity contribution < 1.29 is 4.79 Å². The first kappa shape index (κ1) is 13.3. The molecule has 2 N–H and O–H groups in total. The van der Waals surface area contributed by atoms with E-state index in [0.29, 0.717) is 5.82 Å². The zero-order valence-electron chi connectivity index (χ0n) is 11.2. The number of carbonyl (C=O) groups excluding carboxylic acids is 1. The van der Waals surface area contributed by atoms with Gasteiger partial charge in [-0.3, -0.25) is 4.79 Å². The number of benzene rings is 1. The number of nitrogens with one attached hydrogen (secondary N) is 2. The Morgan fingerprint density at radius 1 is 1.37 bits per heavy atom. The molecular weight excluding hydrogens is 240 g/mol. The van der Waals surface area contributed by atoms with Gasteiger partial charge < -0.3 is 15.2 Å². The molecule has 5 nitrogen and oxygen atoms in total. The molecule has 1 heterocycles. The van der Waals surface area contributed by atoms with E-state index in [1.165, 1.54) is 0 Å². The summed E-state index contributed by atoms with van der Waals surface area (Å²) in [5, 5.41) is 6.15. The highest BCUT2D eigenvalue weighted by Crippen LogP contribution is 2.15. The third-order valence-electron chi connectivity index (χ3n) is 2.86. The molecule has 0 aliphatic rings. The fraction of sp³-hybridized carbons (Fsp3) is 0.286. The molecule has 2 rings (SSSR count). The number of anilines is 1. The second kappa shape index (κ2) is 6.15. The minimum absolute atomic E-state index is 0.198. The lowest BCUT2D eigenvalue weighted by Gasteiger charge is -2.11. The maximum atomic E-state index is 12.1. The predicted octanol–water partition coefficient (Wildman–Crippen LogP) is 1.78. The lowest BCUT2D eigenvalue weighted by molar-refractivity contribution is 0.101. The van der Waals surface area contributed by atoms with Crippen molar-refractivity contribution in [2.24, 2.45) is 7.05 Å². The Morgan fingerprint density at radius 2 is 2.16 bits per heavy atom. The highest BCUT2D eigenvalue weighted by atomic mass is 16.2. The number of hydrogen-bond donors (Lipinski definition) is 2. The zero-order chi connectivity index (χ0) is 13.7. The second-order valence-electron chi connectivity index (χ2n) is 4.25. The highest BCUT2D eigenvalue weighted by molar-refractivity contribution is 6.02. The van der Waals surface area contributed by atoms with Crippen LogP contribution < -0.4 is 10.6 Å². The maximum Gasteiger partial charge on any atom is 0.291 e. The highest BCUT2D eigenvalue weighted by Gasteiger charge is 2.12. The van der Waals surface area contributed by atoms with Crippen molar-refractivity contribution in [3.63, 3.8) is 0 Å². The summed E-state index contributed by atoms with van der Waals surface area (Å²) in [5.41, 5.74) is 1.88. The topological polar surface area (TPSA) is 58.9 Å². The van der Waals surface area contributed by atoms with Crippen molar-refractivity contribution in [3.8, 4) is 0 Å². The first-order chi connectivity index (χ1) is 9.22. The van der Waals surface area contributed by atoms with Crippen LogP contribution in [0, 0.1) is 0 Å². The molecule has 5 heteroatoms. The van der Waals surface area contributed by atoms with E-state index in [4.69, 9.17) is 0 Å². The fourth-order valence-electron chi connectivity index (χ4n) is 1.82. The minimum Gasteiger partial charge on any atom is -0.330 e. The molecular formula is C14H18N4O. The van der Waals surface area contributed by atoms with E-state index >= 15 is 0 Å². The van der Waals surface area contributed by atoms with Gasteiger partial charge in [-0.05, 0) is 18.2 Å². The molecule has 0 saturated heterocycles. The molecule has 1 aromatic carbocycles. The van der Waals surface area contributed by atoms with Crippen molar-refractivity contribution in [1.82, 2.24) is 14.9 Å². The molecule has 19 heavy (non-hydrogen) atoms. The number of nitrogens with zero attached hydrogens (tertiary/aromatic N) is 2. The standard InChI is InChI=1S/C14H18N4O/c1-3-15-10-11-6-4-5-7-12(11)17-14(19)13-16-8-9-18(13)2/h4-9,15H,3,10H2,1-2H3,(H,17,19). The summed E-state index contributed by atoms with van der Waals surface area (Å²) in [6, 6.07) is 7.76. The number of carbonyl (C=O) groups is 1. The number of aryl methyl sites for hydroxylation is 1. The van der Waals surface area contributed by atoms with Crippen molar-refractivity contribution in [2.75, 3.05) is 11.9 Å². The van der Waals surface area contributed by atoms with Gasteiger partial charge in [0.1, 0.15) is 0 Å². The Bertz CT molecular complexity index is 562. The third kappa shape index (κ3) is 3.20. The minimum atomic E-state index is -0.198. The van der Waals surface area contributed by atoms with Crippen molar-refractivity contribution in [3.05, 3.63) is 48.0 Å². The first-order valence-electron chi connectivity index (χ1n) is 6.29. The smallest absolute Gasteiger partial charge is 0.291 e. The van der Waals surface area contributed by atoms with Crippen LogP contribution in [0.25, 0.3) is 0 Å². The fourth-order valence-corrected chi connectivity index (χ4v) is 1.82. The lowest BCUT2D eigenvalue weighted by Crippen LogP contribution is -2.19. The largest absolute Gasteiger partial charge is 0.330 e. The van der Waals surface area contributed by atoms with Crippen LogP contribution in [0.4, 0.5) is 5.69 Å². The molecule has 0 spiro atoms. The van der Waals surface area contributed by atoms with Gasteiger partial charge in [0.25, 0.3) is 5.91 Å². The molecule has 2 aromatic rings. The molecule has 0 saturated carbocycles. The van der Waals surface area contributed by atoms with Gasteiger partial charge in [-0.25, -0.2) is 4.98 Å². The maximum absolute atomic E-state index is 12.1. The Balaban J connectivity index is 2.15. The van der Waals surface area contributed by atoms with Crippen LogP contribution in [0.1, 0.15) is 23.1 Å². The summed E-state index contributed by atoms with van der Waals surface area (Å²) in [4.78, 5) is 16.1. The number of amides is 1. The van der Waals surface area contributed by atoms with Crippen LogP contribution in [0.3, 0.4) is 0 Å². The van der Waals surface area contributed by atoms with Gasteiger partial charge in [0, 0.05) is 31.7 Å². The Labute approximate surface area is 112 Å². The van der Waals surface area contributed by atoms with Crippen LogP contribution in [0.2, 0.25) is 0 Å². The van der Waals surface area contributed by atoms with Crippen LogP contribution in [-0.2, 0) is 13.6 Å². The van der Waals surface area contributed by atoms with Gasteiger partial charge >= 0.3 is 0 Å². The number of rotatable bonds is 5. The van der Waals surface area contributed by atoms with E-state index in [0.717, 1.165) is 24.3 Å². The lowest BCUT2D eigenvalue weighted by atomic mass is 10.1. The predicted molar refractivity (Wildman–Crippen MR) is 75.0 cm³/mol. The Kier molecular flexibility index (Phi) is 4.30. The van der Waals surface area contributed by atoms with Gasteiger partial charge in [0.15, 0.2) is 5.82 Å². The van der Waals surface area contributed by atoms with E-state index in [-0.39, 0.29) is 5.91 Å².